The quantitative estimate of drug-likeness (QED) is 0.180. The highest BCUT2D eigenvalue weighted by Crippen LogP contribution is 2.31. The molecule has 3 aromatic carbocycles. The number of ether oxygens (including phenoxy) is 1. The summed E-state index contributed by atoms with van der Waals surface area (Å²) in [5.41, 5.74) is 1.49. The van der Waals surface area contributed by atoms with Crippen molar-refractivity contribution in [3.8, 4) is 11.8 Å². The van der Waals surface area contributed by atoms with Gasteiger partial charge in [-0.05, 0) is 87.2 Å². The SMILES string of the molecule is N#C/C(=C\c1cc(I)c(OCc2ccccc2F)c(I)c1)C(=O)Nc1ccccc1Cl. The van der Waals surface area contributed by atoms with Crippen molar-refractivity contribution in [3.05, 3.63) is 95.3 Å². The van der Waals surface area contributed by atoms with Gasteiger partial charge >= 0.3 is 0 Å². The van der Waals surface area contributed by atoms with E-state index in [0.717, 1.165) is 7.14 Å². The standard InChI is InChI=1S/C23H14ClFI2N2O2/c24-17-6-2-4-8-21(17)29-23(30)16(12-28)9-14-10-19(26)22(20(27)11-14)31-13-15-5-1-3-7-18(15)25/h1-11H,13H2,(H,29,30)/b16-9+. The van der Waals surface area contributed by atoms with Crippen LogP contribution in [0.4, 0.5) is 10.1 Å². The summed E-state index contributed by atoms with van der Waals surface area (Å²) >= 11 is 10.3. The summed E-state index contributed by atoms with van der Waals surface area (Å²) in [5, 5.41) is 12.5. The van der Waals surface area contributed by atoms with Gasteiger partial charge in [0, 0.05) is 5.56 Å². The normalized spacial score (nSPS) is 11.0. The first-order chi connectivity index (χ1) is 14.9. The molecule has 0 saturated heterocycles. The fraction of sp³-hybridized carbons (Fsp3) is 0.0435. The third-order valence-electron chi connectivity index (χ3n) is 4.15. The zero-order valence-electron chi connectivity index (χ0n) is 15.8. The van der Waals surface area contributed by atoms with Gasteiger partial charge < -0.3 is 10.1 Å². The summed E-state index contributed by atoms with van der Waals surface area (Å²) in [6.45, 7) is 0.0948. The highest BCUT2D eigenvalue weighted by molar-refractivity contribution is 14.1. The molecule has 0 aromatic heterocycles. The van der Waals surface area contributed by atoms with E-state index in [2.05, 4.69) is 50.5 Å². The Morgan fingerprint density at radius 2 is 1.77 bits per heavy atom. The van der Waals surface area contributed by atoms with Crippen molar-refractivity contribution in [3.63, 3.8) is 0 Å². The molecule has 0 bridgehead atoms. The largest absolute Gasteiger partial charge is 0.487 e. The molecule has 4 nitrogen and oxygen atoms in total. The van der Waals surface area contributed by atoms with Crippen LogP contribution in [-0.4, -0.2) is 5.91 Å². The molecule has 3 aromatic rings. The van der Waals surface area contributed by atoms with Crippen LogP contribution in [0.5, 0.6) is 5.75 Å². The molecule has 1 amide bonds. The third kappa shape index (κ3) is 6.18. The molecule has 1 N–H and O–H groups in total. The van der Waals surface area contributed by atoms with Gasteiger partial charge in [-0.2, -0.15) is 5.26 Å². The number of amides is 1. The van der Waals surface area contributed by atoms with Crippen LogP contribution < -0.4 is 10.1 Å². The minimum absolute atomic E-state index is 0.0634. The first kappa shape index (κ1) is 23.5. The molecule has 8 heteroatoms. The number of hydrogen-bond donors (Lipinski definition) is 1. The molecular weight excluding hydrogens is 645 g/mol. The lowest BCUT2D eigenvalue weighted by Gasteiger charge is -2.12. The average molecular weight is 659 g/mol. The maximum Gasteiger partial charge on any atom is 0.266 e. The summed E-state index contributed by atoms with van der Waals surface area (Å²) in [4.78, 5) is 12.5. The number of halogens is 4. The maximum atomic E-state index is 13.8. The summed E-state index contributed by atoms with van der Waals surface area (Å²) in [6.07, 6.45) is 1.50. The number of hydrogen-bond acceptors (Lipinski definition) is 3. The number of nitriles is 1. The molecule has 156 valence electrons. The lowest BCUT2D eigenvalue weighted by molar-refractivity contribution is -0.112. The van der Waals surface area contributed by atoms with Crippen LogP contribution in [0.2, 0.25) is 5.02 Å². The van der Waals surface area contributed by atoms with Crippen molar-refractivity contribution in [1.29, 1.82) is 5.26 Å². The second kappa shape index (κ2) is 10.9. The molecule has 3 rings (SSSR count). The summed E-state index contributed by atoms with van der Waals surface area (Å²) in [6, 6.07) is 18.7. The van der Waals surface area contributed by atoms with Crippen LogP contribution in [0.25, 0.3) is 6.08 Å². The van der Waals surface area contributed by atoms with Gasteiger partial charge in [0.05, 0.1) is 17.9 Å². The number of anilines is 1. The van der Waals surface area contributed by atoms with E-state index < -0.39 is 5.91 Å². The average Bonchev–Trinajstić information content (AvgIpc) is 2.74. The molecule has 0 radical (unpaired) electrons. The predicted molar refractivity (Wildman–Crippen MR) is 136 cm³/mol. The number of nitrogens with zero attached hydrogens (tertiary/aromatic N) is 1. The predicted octanol–water partition coefficient (Wildman–Crippen LogP) is 6.81. The fourth-order valence-corrected chi connectivity index (χ4v) is 4.94. The third-order valence-corrected chi connectivity index (χ3v) is 6.08. The molecule has 0 unspecified atom stereocenters. The van der Waals surface area contributed by atoms with Gasteiger partial charge in [0.1, 0.15) is 29.8 Å². The Balaban J connectivity index is 1.80. The van der Waals surface area contributed by atoms with E-state index in [1.165, 1.54) is 12.1 Å². The van der Waals surface area contributed by atoms with Crippen LogP contribution in [-0.2, 0) is 11.4 Å². The first-order valence-electron chi connectivity index (χ1n) is 8.92. The Labute approximate surface area is 211 Å². The Kier molecular flexibility index (Phi) is 8.28. The van der Waals surface area contributed by atoms with Crippen molar-refractivity contribution < 1.29 is 13.9 Å². The lowest BCUT2D eigenvalue weighted by atomic mass is 10.1. The molecule has 0 saturated carbocycles. The molecule has 0 aliphatic heterocycles. The summed E-state index contributed by atoms with van der Waals surface area (Å²) < 4.78 is 21.2. The molecule has 0 aliphatic rings. The highest BCUT2D eigenvalue weighted by Gasteiger charge is 2.14. The number of nitrogens with one attached hydrogen (secondary N) is 1. The molecule has 0 spiro atoms. The van der Waals surface area contributed by atoms with Crippen molar-refractivity contribution in [2.45, 2.75) is 6.61 Å². The number of para-hydroxylation sites is 1. The lowest BCUT2D eigenvalue weighted by Crippen LogP contribution is -2.13. The topological polar surface area (TPSA) is 62.1 Å². The number of benzene rings is 3. The van der Waals surface area contributed by atoms with Gasteiger partial charge in [-0.25, -0.2) is 4.39 Å². The summed E-state index contributed by atoms with van der Waals surface area (Å²) in [7, 11) is 0. The van der Waals surface area contributed by atoms with Gasteiger partial charge in [-0.15, -0.1) is 0 Å². The smallest absolute Gasteiger partial charge is 0.266 e. The molecule has 31 heavy (non-hydrogen) atoms. The van der Waals surface area contributed by atoms with E-state index in [-0.39, 0.29) is 18.0 Å². The van der Waals surface area contributed by atoms with Crippen LogP contribution in [0.1, 0.15) is 11.1 Å². The Hall–Kier alpha value is -2.16. The van der Waals surface area contributed by atoms with Crippen LogP contribution in [0, 0.1) is 24.3 Å². The van der Waals surface area contributed by atoms with Gasteiger partial charge in [0.2, 0.25) is 0 Å². The van der Waals surface area contributed by atoms with Crippen LogP contribution in [0.3, 0.4) is 0 Å². The molecule has 0 fully saturated rings. The Morgan fingerprint density at radius 3 is 2.42 bits per heavy atom. The summed E-state index contributed by atoms with van der Waals surface area (Å²) in [5.74, 6) is -0.267. The molecular formula is C23H14ClFI2N2O2. The maximum absolute atomic E-state index is 13.8. The van der Waals surface area contributed by atoms with E-state index in [1.807, 2.05) is 6.07 Å². The van der Waals surface area contributed by atoms with E-state index in [1.54, 1.807) is 54.6 Å². The Bertz CT molecular complexity index is 1190. The Morgan fingerprint density at radius 1 is 1.13 bits per heavy atom. The van der Waals surface area contributed by atoms with Crippen LogP contribution in [0.15, 0.2) is 66.2 Å². The van der Waals surface area contributed by atoms with Gasteiger partial charge in [-0.3, -0.25) is 4.79 Å². The van der Waals surface area contributed by atoms with E-state index in [9.17, 15) is 14.4 Å². The number of rotatable bonds is 6. The van der Waals surface area contributed by atoms with E-state index in [0.29, 0.717) is 27.6 Å². The monoisotopic (exact) mass is 658 g/mol. The van der Waals surface area contributed by atoms with Crippen molar-refractivity contribution >= 4 is 74.5 Å². The van der Waals surface area contributed by atoms with Crippen molar-refractivity contribution in [1.82, 2.24) is 0 Å². The van der Waals surface area contributed by atoms with E-state index >= 15 is 0 Å². The van der Waals surface area contributed by atoms with E-state index in [4.69, 9.17) is 16.3 Å². The van der Waals surface area contributed by atoms with Gasteiger partial charge in [0.15, 0.2) is 0 Å². The number of carbonyl (C=O) groups is 1. The fourth-order valence-electron chi connectivity index (χ4n) is 2.63. The second-order valence-electron chi connectivity index (χ2n) is 6.30. The van der Waals surface area contributed by atoms with Crippen molar-refractivity contribution in [2.24, 2.45) is 0 Å². The zero-order chi connectivity index (χ0) is 22.4. The highest BCUT2D eigenvalue weighted by atomic mass is 127. The zero-order valence-corrected chi connectivity index (χ0v) is 20.9. The second-order valence-corrected chi connectivity index (χ2v) is 9.03. The van der Waals surface area contributed by atoms with Gasteiger partial charge in [0.25, 0.3) is 5.91 Å². The minimum Gasteiger partial charge on any atom is -0.487 e. The van der Waals surface area contributed by atoms with Gasteiger partial charge in [-0.1, -0.05) is 41.9 Å². The number of carbonyl (C=O) groups excluding carboxylic acids is 1. The van der Waals surface area contributed by atoms with Crippen molar-refractivity contribution in [2.75, 3.05) is 5.32 Å². The minimum atomic E-state index is -0.555. The molecule has 0 atom stereocenters. The van der Waals surface area contributed by atoms with Crippen LogP contribution >= 0.6 is 56.8 Å². The molecule has 0 aliphatic carbocycles. The molecule has 0 heterocycles. The first-order valence-corrected chi connectivity index (χ1v) is 11.5.